The number of benzene rings is 1. The largest absolute Gasteiger partial charge is 0.396 e. The van der Waals surface area contributed by atoms with Crippen LogP contribution >= 0.6 is 15.9 Å². The van der Waals surface area contributed by atoms with Crippen LogP contribution in [0.5, 0.6) is 0 Å². The van der Waals surface area contributed by atoms with E-state index < -0.39 is 5.69 Å². The lowest BCUT2D eigenvalue weighted by Gasteiger charge is -2.08. The highest BCUT2D eigenvalue weighted by molar-refractivity contribution is 9.10. The number of nitrogens with zero attached hydrogens (tertiary/aromatic N) is 5. The van der Waals surface area contributed by atoms with Gasteiger partial charge in [-0.15, -0.1) is 0 Å². The minimum absolute atomic E-state index is 0.0719. The second-order valence-electron chi connectivity index (χ2n) is 6.81. The van der Waals surface area contributed by atoms with Crippen LogP contribution in [0, 0.1) is 6.92 Å². The molecule has 8 nitrogen and oxygen atoms in total. The smallest absolute Gasteiger partial charge is 0.332 e. The maximum atomic E-state index is 13.2. The molecule has 4 rings (SSSR count). The van der Waals surface area contributed by atoms with Gasteiger partial charge in [-0.1, -0.05) is 28.1 Å². The van der Waals surface area contributed by atoms with Crippen molar-refractivity contribution >= 4 is 32.9 Å². The van der Waals surface area contributed by atoms with Crippen molar-refractivity contribution < 1.29 is 5.11 Å². The van der Waals surface area contributed by atoms with Gasteiger partial charge in [0.05, 0.1) is 6.54 Å². The molecule has 0 saturated carbocycles. The SMILES string of the molecule is Cc1cn2c3c(=O)n(Cc4ccc(Br)cc4)c(=O)n(C)c3nc2n1CCCO. The van der Waals surface area contributed by atoms with E-state index in [-0.39, 0.29) is 18.7 Å². The Morgan fingerprint density at radius 2 is 1.86 bits per heavy atom. The highest BCUT2D eigenvalue weighted by Gasteiger charge is 2.20. The predicted octanol–water partition coefficient (Wildman–Crippen LogP) is 1.65. The van der Waals surface area contributed by atoms with Crippen LogP contribution in [-0.4, -0.2) is 34.8 Å². The number of aromatic nitrogens is 5. The fourth-order valence-electron chi connectivity index (χ4n) is 3.47. The first-order valence-corrected chi connectivity index (χ1v) is 9.74. The highest BCUT2D eigenvalue weighted by Crippen LogP contribution is 2.17. The molecule has 146 valence electrons. The minimum Gasteiger partial charge on any atom is -0.396 e. The highest BCUT2D eigenvalue weighted by atomic mass is 79.9. The average Bonchev–Trinajstić information content (AvgIpc) is 3.18. The molecule has 3 aromatic heterocycles. The van der Waals surface area contributed by atoms with E-state index in [1.165, 1.54) is 9.13 Å². The van der Waals surface area contributed by atoms with Gasteiger partial charge in [0, 0.05) is 36.6 Å². The Balaban J connectivity index is 1.95. The quantitative estimate of drug-likeness (QED) is 0.505. The molecule has 0 spiro atoms. The molecule has 28 heavy (non-hydrogen) atoms. The second kappa shape index (κ2) is 7.06. The molecule has 1 N–H and O–H groups in total. The van der Waals surface area contributed by atoms with E-state index in [0.29, 0.717) is 29.9 Å². The van der Waals surface area contributed by atoms with Gasteiger partial charge in [-0.3, -0.25) is 18.3 Å². The van der Waals surface area contributed by atoms with Crippen LogP contribution in [0.4, 0.5) is 0 Å². The minimum atomic E-state index is -0.403. The van der Waals surface area contributed by atoms with Crippen LogP contribution in [0.25, 0.3) is 16.9 Å². The summed E-state index contributed by atoms with van der Waals surface area (Å²) in [7, 11) is 1.62. The third-order valence-electron chi connectivity index (χ3n) is 4.93. The van der Waals surface area contributed by atoms with E-state index in [0.717, 1.165) is 15.7 Å². The zero-order chi connectivity index (χ0) is 20.0. The Kier molecular flexibility index (Phi) is 4.72. The van der Waals surface area contributed by atoms with Crippen molar-refractivity contribution in [1.82, 2.24) is 23.1 Å². The van der Waals surface area contributed by atoms with Crippen molar-refractivity contribution in [3.63, 3.8) is 0 Å². The van der Waals surface area contributed by atoms with Crippen LogP contribution in [0.1, 0.15) is 17.7 Å². The van der Waals surface area contributed by atoms with E-state index in [9.17, 15) is 9.59 Å². The maximum absolute atomic E-state index is 13.2. The topological polar surface area (TPSA) is 86.5 Å². The van der Waals surface area contributed by atoms with Crippen LogP contribution in [0.15, 0.2) is 44.5 Å². The van der Waals surface area contributed by atoms with Gasteiger partial charge in [-0.25, -0.2) is 4.79 Å². The zero-order valence-electron chi connectivity index (χ0n) is 15.6. The molecular formula is C19H20BrN5O3. The second-order valence-corrected chi connectivity index (χ2v) is 7.73. The summed E-state index contributed by atoms with van der Waals surface area (Å²) in [4.78, 5) is 30.6. The van der Waals surface area contributed by atoms with Gasteiger partial charge in [0.1, 0.15) is 0 Å². The summed E-state index contributed by atoms with van der Waals surface area (Å²) in [5.41, 5.74) is 1.76. The summed E-state index contributed by atoms with van der Waals surface area (Å²) >= 11 is 3.39. The Bertz CT molecular complexity index is 1290. The maximum Gasteiger partial charge on any atom is 0.332 e. The molecule has 0 unspecified atom stereocenters. The van der Waals surface area contributed by atoms with E-state index in [1.54, 1.807) is 11.4 Å². The molecule has 1 aromatic carbocycles. The standard InChI is InChI=1S/C19H20BrN5O3/c1-12-10-24-15-16(21-18(24)23(12)8-3-9-26)22(2)19(28)25(17(15)27)11-13-4-6-14(20)7-5-13/h4-7,10,26H,3,8-9,11H2,1-2H3. The lowest BCUT2D eigenvalue weighted by Crippen LogP contribution is -2.39. The van der Waals surface area contributed by atoms with Gasteiger partial charge in [0.15, 0.2) is 11.2 Å². The number of aliphatic hydroxyl groups excluding tert-OH is 1. The number of halogens is 1. The molecule has 3 heterocycles. The lowest BCUT2D eigenvalue weighted by molar-refractivity contribution is 0.280. The van der Waals surface area contributed by atoms with Gasteiger partial charge < -0.3 is 9.67 Å². The number of aliphatic hydroxyl groups is 1. The molecule has 0 amide bonds. The van der Waals surface area contributed by atoms with Crippen molar-refractivity contribution in [2.24, 2.45) is 7.05 Å². The Labute approximate surface area is 168 Å². The molecule has 0 aliphatic rings. The summed E-state index contributed by atoms with van der Waals surface area (Å²) < 4.78 is 7.26. The Morgan fingerprint density at radius 1 is 1.14 bits per heavy atom. The van der Waals surface area contributed by atoms with Gasteiger partial charge in [0.25, 0.3) is 5.56 Å². The molecular weight excluding hydrogens is 426 g/mol. The van der Waals surface area contributed by atoms with Gasteiger partial charge >= 0.3 is 5.69 Å². The monoisotopic (exact) mass is 445 g/mol. The van der Waals surface area contributed by atoms with Gasteiger partial charge in [-0.2, -0.15) is 4.98 Å². The first-order chi connectivity index (χ1) is 13.4. The molecule has 4 aromatic rings. The Hall–Kier alpha value is -2.65. The van der Waals surface area contributed by atoms with Crippen molar-refractivity contribution in [3.05, 3.63) is 67.0 Å². The first kappa shape index (κ1) is 18.7. The molecule has 0 saturated heterocycles. The van der Waals surface area contributed by atoms with Crippen molar-refractivity contribution in [3.8, 4) is 0 Å². The average molecular weight is 446 g/mol. The number of fused-ring (bicyclic) bond motifs is 3. The predicted molar refractivity (Wildman–Crippen MR) is 110 cm³/mol. The van der Waals surface area contributed by atoms with Crippen LogP contribution in [-0.2, 0) is 20.1 Å². The van der Waals surface area contributed by atoms with Gasteiger partial charge in [-0.05, 0) is 31.0 Å². The van der Waals surface area contributed by atoms with E-state index >= 15 is 0 Å². The van der Waals surface area contributed by atoms with E-state index in [2.05, 4.69) is 20.9 Å². The number of imidazole rings is 2. The normalized spacial score (nSPS) is 11.7. The van der Waals surface area contributed by atoms with Crippen molar-refractivity contribution in [2.45, 2.75) is 26.4 Å². The number of rotatable bonds is 5. The summed E-state index contributed by atoms with van der Waals surface area (Å²) in [6.45, 7) is 2.78. The van der Waals surface area contributed by atoms with Crippen molar-refractivity contribution in [1.29, 1.82) is 0 Å². The van der Waals surface area contributed by atoms with Crippen LogP contribution in [0.3, 0.4) is 0 Å². The molecule has 0 bridgehead atoms. The summed E-state index contributed by atoms with van der Waals surface area (Å²) in [5.74, 6) is 0.592. The third-order valence-corrected chi connectivity index (χ3v) is 5.46. The molecule has 9 heteroatoms. The molecule has 0 radical (unpaired) electrons. The Morgan fingerprint density at radius 3 is 2.54 bits per heavy atom. The van der Waals surface area contributed by atoms with E-state index in [4.69, 9.17) is 5.11 Å². The molecule has 0 fully saturated rings. The molecule has 0 aliphatic heterocycles. The number of hydrogen-bond acceptors (Lipinski definition) is 4. The zero-order valence-corrected chi connectivity index (χ0v) is 17.2. The van der Waals surface area contributed by atoms with Crippen LogP contribution in [0.2, 0.25) is 0 Å². The van der Waals surface area contributed by atoms with E-state index in [1.807, 2.05) is 42.0 Å². The lowest BCUT2D eigenvalue weighted by atomic mass is 10.2. The van der Waals surface area contributed by atoms with Crippen molar-refractivity contribution in [2.75, 3.05) is 6.61 Å². The summed E-state index contributed by atoms with van der Waals surface area (Å²) in [5, 5.41) is 9.14. The fraction of sp³-hybridized carbons (Fsp3) is 0.316. The number of hydrogen-bond donors (Lipinski definition) is 1. The van der Waals surface area contributed by atoms with Gasteiger partial charge in [0.2, 0.25) is 5.78 Å². The molecule has 0 atom stereocenters. The molecule has 0 aliphatic carbocycles. The fourth-order valence-corrected chi connectivity index (χ4v) is 3.74. The number of aryl methyl sites for hydroxylation is 3. The summed E-state index contributed by atoms with van der Waals surface area (Å²) in [6.07, 6.45) is 2.43. The summed E-state index contributed by atoms with van der Waals surface area (Å²) in [6, 6.07) is 7.51. The first-order valence-electron chi connectivity index (χ1n) is 8.95. The van der Waals surface area contributed by atoms with Crippen LogP contribution < -0.4 is 11.2 Å². The third kappa shape index (κ3) is 2.91.